The van der Waals surface area contributed by atoms with Crippen LogP contribution in [0.25, 0.3) is 5.69 Å². The second-order valence-corrected chi connectivity index (χ2v) is 6.36. The Morgan fingerprint density at radius 3 is 2.75 bits per heavy atom. The van der Waals surface area contributed by atoms with Gasteiger partial charge in [-0.15, -0.1) is 0 Å². The molecule has 1 aromatic heterocycles. The van der Waals surface area contributed by atoms with Crippen LogP contribution in [-0.4, -0.2) is 43.7 Å². The standard InChI is InChI=1S/C18H21N3O3/c1-18(17(23)24)10-5-11-20(18)16(22)9-8-14-12-19-21(13-14)15-6-3-2-4-7-15/h2-4,6-7,12-13H,5,8-11H2,1H3,(H,23,24). The van der Waals surface area contributed by atoms with Crippen molar-refractivity contribution in [2.24, 2.45) is 0 Å². The average molecular weight is 327 g/mol. The van der Waals surface area contributed by atoms with Crippen molar-refractivity contribution in [3.05, 3.63) is 48.3 Å². The van der Waals surface area contributed by atoms with Gasteiger partial charge in [0.05, 0.1) is 11.9 Å². The summed E-state index contributed by atoms with van der Waals surface area (Å²) in [5, 5.41) is 13.7. The number of aryl methyl sites for hydroxylation is 1. The van der Waals surface area contributed by atoms with Gasteiger partial charge in [-0.05, 0) is 43.9 Å². The molecule has 0 spiro atoms. The van der Waals surface area contributed by atoms with Gasteiger partial charge < -0.3 is 10.0 Å². The zero-order chi connectivity index (χ0) is 17.2. The van der Waals surface area contributed by atoms with Crippen molar-refractivity contribution in [2.45, 2.75) is 38.1 Å². The van der Waals surface area contributed by atoms with Crippen LogP contribution in [-0.2, 0) is 16.0 Å². The number of hydrogen-bond acceptors (Lipinski definition) is 3. The number of aliphatic carboxylic acids is 1. The van der Waals surface area contributed by atoms with Crippen molar-refractivity contribution in [3.63, 3.8) is 0 Å². The van der Waals surface area contributed by atoms with Crippen LogP contribution in [0.3, 0.4) is 0 Å². The number of carboxylic acid groups (broad SMARTS) is 1. The van der Waals surface area contributed by atoms with Gasteiger partial charge in [-0.2, -0.15) is 5.10 Å². The van der Waals surface area contributed by atoms with Gasteiger partial charge in [0.2, 0.25) is 5.91 Å². The molecule has 6 nitrogen and oxygen atoms in total. The van der Waals surface area contributed by atoms with Crippen LogP contribution in [0.5, 0.6) is 0 Å². The Morgan fingerprint density at radius 1 is 1.29 bits per heavy atom. The van der Waals surface area contributed by atoms with Crippen molar-refractivity contribution in [3.8, 4) is 5.69 Å². The summed E-state index contributed by atoms with van der Waals surface area (Å²) in [6.45, 7) is 2.15. The van der Waals surface area contributed by atoms with E-state index in [2.05, 4.69) is 5.10 Å². The molecule has 2 aromatic rings. The fraction of sp³-hybridized carbons (Fsp3) is 0.389. The van der Waals surface area contributed by atoms with Gasteiger partial charge in [0, 0.05) is 19.2 Å². The summed E-state index contributed by atoms with van der Waals surface area (Å²) in [5.74, 6) is -1.03. The molecular weight excluding hydrogens is 306 g/mol. The van der Waals surface area contributed by atoms with E-state index in [1.807, 2.05) is 36.5 Å². The number of likely N-dealkylation sites (tertiary alicyclic amines) is 1. The van der Waals surface area contributed by atoms with E-state index in [1.54, 1.807) is 17.8 Å². The van der Waals surface area contributed by atoms with Gasteiger partial charge in [-0.1, -0.05) is 18.2 Å². The number of carbonyl (C=O) groups excluding carboxylic acids is 1. The fourth-order valence-corrected chi connectivity index (χ4v) is 3.18. The molecule has 126 valence electrons. The fourth-order valence-electron chi connectivity index (χ4n) is 3.18. The zero-order valence-corrected chi connectivity index (χ0v) is 13.7. The lowest BCUT2D eigenvalue weighted by molar-refractivity contribution is -0.155. The minimum absolute atomic E-state index is 0.107. The highest BCUT2D eigenvalue weighted by Crippen LogP contribution is 2.30. The summed E-state index contributed by atoms with van der Waals surface area (Å²) < 4.78 is 1.77. The summed E-state index contributed by atoms with van der Waals surface area (Å²) >= 11 is 0. The monoisotopic (exact) mass is 327 g/mol. The van der Waals surface area contributed by atoms with Gasteiger partial charge in [-0.3, -0.25) is 4.79 Å². The second-order valence-electron chi connectivity index (χ2n) is 6.36. The Labute approximate surface area is 140 Å². The average Bonchev–Trinajstić information content (AvgIpc) is 3.21. The number of nitrogens with zero attached hydrogens (tertiary/aromatic N) is 3. The molecule has 6 heteroatoms. The van der Waals surface area contributed by atoms with Crippen LogP contribution in [0.15, 0.2) is 42.7 Å². The summed E-state index contributed by atoms with van der Waals surface area (Å²) in [7, 11) is 0. The maximum atomic E-state index is 12.5. The van der Waals surface area contributed by atoms with Crippen molar-refractivity contribution in [1.82, 2.24) is 14.7 Å². The number of carboxylic acids is 1. The predicted molar refractivity (Wildman–Crippen MR) is 88.9 cm³/mol. The maximum absolute atomic E-state index is 12.5. The number of aromatic nitrogens is 2. The molecule has 1 fully saturated rings. The predicted octanol–water partition coefficient (Wildman–Crippen LogP) is 2.27. The first kappa shape index (κ1) is 16.2. The molecule has 1 unspecified atom stereocenters. The minimum atomic E-state index is -1.06. The van der Waals surface area contributed by atoms with Crippen molar-refractivity contribution in [1.29, 1.82) is 0 Å². The maximum Gasteiger partial charge on any atom is 0.329 e. The number of hydrogen-bond donors (Lipinski definition) is 1. The molecule has 1 aliphatic heterocycles. The molecule has 1 aliphatic rings. The molecule has 0 radical (unpaired) electrons. The molecule has 0 saturated carbocycles. The lowest BCUT2D eigenvalue weighted by Crippen LogP contribution is -2.50. The number of amides is 1. The second kappa shape index (κ2) is 6.47. The van der Waals surface area contributed by atoms with Crippen LogP contribution < -0.4 is 0 Å². The SMILES string of the molecule is CC1(C(=O)O)CCCN1C(=O)CCc1cnn(-c2ccccc2)c1. The summed E-state index contributed by atoms with van der Waals surface area (Å²) in [6, 6.07) is 9.76. The van der Waals surface area contributed by atoms with E-state index in [0.717, 1.165) is 17.7 Å². The van der Waals surface area contributed by atoms with Gasteiger partial charge in [0.15, 0.2) is 0 Å². The Kier molecular flexibility index (Phi) is 4.38. The largest absolute Gasteiger partial charge is 0.480 e. The van der Waals surface area contributed by atoms with Crippen LogP contribution >= 0.6 is 0 Å². The Balaban J connectivity index is 1.63. The van der Waals surface area contributed by atoms with Crippen LogP contribution in [0.2, 0.25) is 0 Å². The highest BCUT2D eigenvalue weighted by atomic mass is 16.4. The van der Waals surface area contributed by atoms with Crippen LogP contribution in [0.4, 0.5) is 0 Å². The van der Waals surface area contributed by atoms with E-state index in [0.29, 0.717) is 25.8 Å². The molecule has 1 aromatic carbocycles. The quantitative estimate of drug-likeness (QED) is 0.914. The van der Waals surface area contributed by atoms with Gasteiger partial charge in [0.25, 0.3) is 0 Å². The number of para-hydroxylation sites is 1. The van der Waals surface area contributed by atoms with E-state index >= 15 is 0 Å². The zero-order valence-electron chi connectivity index (χ0n) is 13.7. The molecule has 0 aliphatic carbocycles. The van der Waals surface area contributed by atoms with E-state index in [9.17, 15) is 14.7 Å². The molecule has 1 atom stereocenters. The third-order valence-electron chi connectivity index (χ3n) is 4.69. The minimum Gasteiger partial charge on any atom is -0.480 e. The van der Waals surface area contributed by atoms with Crippen LogP contribution in [0.1, 0.15) is 31.7 Å². The molecule has 1 saturated heterocycles. The highest BCUT2D eigenvalue weighted by Gasteiger charge is 2.45. The van der Waals surface area contributed by atoms with E-state index < -0.39 is 11.5 Å². The third kappa shape index (κ3) is 3.04. The normalized spacial score (nSPS) is 20.3. The molecule has 1 amide bonds. The lowest BCUT2D eigenvalue weighted by atomic mass is 9.99. The first-order valence-corrected chi connectivity index (χ1v) is 8.13. The van der Waals surface area contributed by atoms with Crippen molar-refractivity contribution in [2.75, 3.05) is 6.54 Å². The van der Waals surface area contributed by atoms with E-state index in [4.69, 9.17) is 0 Å². The topological polar surface area (TPSA) is 75.4 Å². The smallest absolute Gasteiger partial charge is 0.329 e. The van der Waals surface area contributed by atoms with E-state index in [-0.39, 0.29) is 5.91 Å². The van der Waals surface area contributed by atoms with Gasteiger partial charge in [-0.25, -0.2) is 9.48 Å². The number of benzene rings is 1. The Bertz CT molecular complexity index is 741. The molecular formula is C18H21N3O3. The number of rotatable bonds is 5. The molecule has 0 bridgehead atoms. The summed E-state index contributed by atoms with van der Waals surface area (Å²) in [4.78, 5) is 25.4. The third-order valence-corrected chi connectivity index (χ3v) is 4.69. The molecule has 1 N–H and O–H groups in total. The molecule has 2 heterocycles. The van der Waals surface area contributed by atoms with Crippen molar-refractivity contribution >= 4 is 11.9 Å². The molecule has 3 rings (SSSR count). The number of carbonyl (C=O) groups is 2. The van der Waals surface area contributed by atoms with Crippen molar-refractivity contribution < 1.29 is 14.7 Å². The Hall–Kier alpha value is -2.63. The first-order chi connectivity index (χ1) is 11.5. The first-order valence-electron chi connectivity index (χ1n) is 8.13. The van der Waals surface area contributed by atoms with E-state index in [1.165, 1.54) is 4.90 Å². The molecule has 24 heavy (non-hydrogen) atoms. The highest BCUT2D eigenvalue weighted by molar-refractivity contribution is 5.87. The summed E-state index contributed by atoms with van der Waals surface area (Å²) in [6.07, 6.45) is 5.76. The van der Waals surface area contributed by atoms with Gasteiger partial charge >= 0.3 is 5.97 Å². The van der Waals surface area contributed by atoms with Crippen LogP contribution in [0, 0.1) is 0 Å². The Morgan fingerprint density at radius 2 is 2.04 bits per heavy atom. The van der Waals surface area contributed by atoms with Gasteiger partial charge in [0.1, 0.15) is 5.54 Å². The lowest BCUT2D eigenvalue weighted by Gasteiger charge is -2.31. The summed E-state index contributed by atoms with van der Waals surface area (Å²) in [5.41, 5.74) is 0.863.